The van der Waals surface area contributed by atoms with Crippen LogP contribution in [0.25, 0.3) is 0 Å². The van der Waals surface area contributed by atoms with Crippen LogP contribution in [0, 0.1) is 0 Å². The lowest BCUT2D eigenvalue weighted by molar-refractivity contribution is -0.274. The summed E-state index contributed by atoms with van der Waals surface area (Å²) in [5, 5.41) is 3.38. The average molecular weight is 289 g/mol. The molecule has 1 aromatic carbocycles. The van der Waals surface area contributed by atoms with Gasteiger partial charge in [-0.05, 0) is 24.1 Å². The molecule has 0 aliphatic heterocycles. The molecule has 0 aromatic heterocycles. The highest BCUT2D eigenvalue weighted by atomic mass is 19.4. The Bertz CT molecular complexity index is 404. The molecule has 1 unspecified atom stereocenters. The van der Waals surface area contributed by atoms with Crippen LogP contribution in [0.5, 0.6) is 5.75 Å². The monoisotopic (exact) mass is 289 g/mol. The van der Waals surface area contributed by atoms with E-state index < -0.39 is 6.36 Å². The molecule has 0 saturated heterocycles. The number of halogens is 3. The van der Waals surface area contributed by atoms with Crippen LogP contribution < -0.4 is 10.1 Å². The Labute approximate surface area is 118 Å². The van der Waals surface area contributed by atoms with Crippen LogP contribution in [0.1, 0.15) is 51.6 Å². The number of benzene rings is 1. The SMILES string of the molecule is CCCCC(NC(C)C)c1cccc(OC(F)(F)F)c1. The molecule has 1 N–H and O–H groups in total. The molecule has 0 bridgehead atoms. The molecule has 1 aromatic rings. The Morgan fingerprint density at radius 3 is 2.50 bits per heavy atom. The molecule has 0 heterocycles. The normalized spacial score (nSPS) is 13.6. The van der Waals surface area contributed by atoms with Crippen molar-refractivity contribution in [3.63, 3.8) is 0 Å². The zero-order valence-corrected chi connectivity index (χ0v) is 12.1. The molecule has 0 saturated carbocycles. The molecule has 0 radical (unpaired) electrons. The molecule has 1 atom stereocenters. The van der Waals surface area contributed by atoms with Gasteiger partial charge in [0.2, 0.25) is 0 Å². The minimum Gasteiger partial charge on any atom is -0.406 e. The largest absolute Gasteiger partial charge is 0.573 e. The highest BCUT2D eigenvalue weighted by molar-refractivity contribution is 5.30. The van der Waals surface area contributed by atoms with Crippen LogP contribution in [0.15, 0.2) is 24.3 Å². The lowest BCUT2D eigenvalue weighted by Gasteiger charge is -2.22. The van der Waals surface area contributed by atoms with Crippen molar-refractivity contribution in [2.24, 2.45) is 0 Å². The van der Waals surface area contributed by atoms with Crippen LogP contribution in [0.4, 0.5) is 13.2 Å². The Morgan fingerprint density at radius 1 is 1.25 bits per heavy atom. The molecule has 0 aliphatic rings. The van der Waals surface area contributed by atoms with Gasteiger partial charge < -0.3 is 10.1 Å². The van der Waals surface area contributed by atoms with E-state index in [1.165, 1.54) is 12.1 Å². The van der Waals surface area contributed by atoms with E-state index in [4.69, 9.17) is 0 Å². The Hall–Kier alpha value is -1.23. The Morgan fingerprint density at radius 2 is 1.95 bits per heavy atom. The minimum absolute atomic E-state index is 0.0479. The summed E-state index contributed by atoms with van der Waals surface area (Å²) in [4.78, 5) is 0. The smallest absolute Gasteiger partial charge is 0.406 e. The van der Waals surface area contributed by atoms with Crippen molar-refractivity contribution in [1.29, 1.82) is 0 Å². The van der Waals surface area contributed by atoms with Crippen molar-refractivity contribution in [3.8, 4) is 5.75 Å². The van der Waals surface area contributed by atoms with Crippen LogP contribution in [0.3, 0.4) is 0 Å². The number of hydrogen-bond donors (Lipinski definition) is 1. The number of alkyl halides is 3. The van der Waals surface area contributed by atoms with E-state index in [1.54, 1.807) is 6.07 Å². The van der Waals surface area contributed by atoms with Gasteiger partial charge in [-0.1, -0.05) is 45.7 Å². The van der Waals surface area contributed by atoms with E-state index >= 15 is 0 Å². The van der Waals surface area contributed by atoms with Crippen molar-refractivity contribution >= 4 is 0 Å². The van der Waals surface area contributed by atoms with Gasteiger partial charge in [0.05, 0.1) is 0 Å². The molecule has 0 fully saturated rings. The fourth-order valence-corrected chi connectivity index (χ4v) is 2.09. The van der Waals surface area contributed by atoms with Gasteiger partial charge in [0.15, 0.2) is 0 Å². The third-order valence-corrected chi connectivity index (χ3v) is 2.87. The fourth-order valence-electron chi connectivity index (χ4n) is 2.09. The first-order chi connectivity index (χ1) is 9.31. The van der Waals surface area contributed by atoms with Gasteiger partial charge in [-0.2, -0.15) is 0 Å². The van der Waals surface area contributed by atoms with E-state index in [1.807, 2.05) is 19.9 Å². The van der Waals surface area contributed by atoms with Gasteiger partial charge in [-0.15, -0.1) is 13.2 Å². The van der Waals surface area contributed by atoms with Gasteiger partial charge in [-0.3, -0.25) is 0 Å². The van der Waals surface area contributed by atoms with E-state index in [-0.39, 0.29) is 17.8 Å². The van der Waals surface area contributed by atoms with Gasteiger partial charge in [-0.25, -0.2) is 0 Å². The standard InChI is InChI=1S/C15H22F3NO/c1-4-5-9-14(19-11(2)3)12-7-6-8-13(10-12)20-15(16,17)18/h6-8,10-11,14,19H,4-5,9H2,1-3H3. The van der Waals surface area contributed by atoms with Crippen molar-refractivity contribution in [1.82, 2.24) is 5.32 Å². The molecule has 0 spiro atoms. The number of rotatable bonds is 7. The molecule has 5 heteroatoms. The van der Waals surface area contributed by atoms with Crippen LogP contribution in [0.2, 0.25) is 0 Å². The van der Waals surface area contributed by atoms with Crippen LogP contribution in [-0.4, -0.2) is 12.4 Å². The fraction of sp³-hybridized carbons (Fsp3) is 0.600. The molecule has 1 rings (SSSR count). The van der Waals surface area contributed by atoms with Gasteiger partial charge in [0, 0.05) is 12.1 Å². The topological polar surface area (TPSA) is 21.3 Å². The highest BCUT2D eigenvalue weighted by Gasteiger charge is 2.31. The number of nitrogens with one attached hydrogen (secondary N) is 1. The number of ether oxygens (including phenoxy) is 1. The van der Waals surface area contributed by atoms with E-state index in [0.29, 0.717) is 0 Å². The van der Waals surface area contributed by atoms with Gasteiger partial charge in [0.25, 0.3) is 0 Å². The molecule has 114 valence electrons. The zero-order valence-electron chi connectivity index (χ0n) is 12.1. The predicted octanol–water partition coefficient (Wildman–Crippen LogP) is 4.81. The second kappa shape index (κ2) is 7.53. The van der Waals surface area contributed by atoms with E-state index in [2.05, 4.69) is 17.0 Å². The molecule has 2 nitrogen and oxygen atoms in total. The van der Waals surface area contributed by atoms with E-state index in [0.717, 1.165) is 24.8 Å². The first kappa shape index (κ1) is 16.8. The summed E-state index contributed by atoms with van der Waals surface area (Å²) in [5.41, 5.74) is 0.828. The summed E-state index contributed by atoms with van der Waals surface area (Å²) in [7, 11) is 0. The van der Waals surface area contributed by atoms with E-state index in [9.17, 15) is 13.2 Å². The predicted molar refractivity (Wildman–Crippen MR) is 73.7 cm³/mol. The van der Waals surface area contributed by atoms with Crippen molar-refractivity contribution < 1.29 is 17.9 Å². The first-order valence-electron chi connectivity index (χ1n) is 6.93. The summed E-state index contributed by atoms with van der Waals surface area (Å²) in [6.45, 7) is 6.14. The van der Waals surface area contributed by atoms with Crippen molar-refractivity contribution in [2.75, 3.05) is 0 Å². The minimum atomic E-state index is -4.65. The molecular weight excluding hydrogens is 267 g/mol. The van der Waals surface area contributed by atoms with Crippen LogP contribution in [-0.2, 0) is 0 Å². The molecule has 0 amide bonds. The van der Waals surface area contributed by atoms with Crippen LogP contribution >= 0.6 is 0 Å². The first-order valence-corrected chi connectivity index (χ1v) is 6.93. The van der Waals surface area contributed by atoms with Gasteiger partial charge >= 0.3 is 6.36 Å². The molecule has 0 aliphatic carbocycles. The summed E-state index contributed by atoms with van der Waals surface area (Å²) >= 11 is 0. The summed E-state index contributed by atoms with van der Waals surface area (Å²) in [5.74, 6) is -0.165. The highest BCUT2D eigenvalue weighted by Crippen LogP contribution is 2.27. The summed E-state index contributed by atoms with van der Waals surface area (Å²) in [6, 6.07) is 6.53. The number of hydrogen-bond acceptors (Lipinski definition) is 2. The third-order valence-electron chi connectivity index (χ3n) is 2.87. The van der Waals surface area contributed by atoms with Crippen molar-refractivity contribution in [2.45, 2.75) is 58.5 Å². The third kappa shape index (κ3) is 6.28. The molecule has 20 heavy (non-hydrogen) atoms. The summed E-state index contributed by atoms with van der Waals surface area (Å²) < 4.78 is 40.7. The second-order valence-corrected chi connectivity index (χ2v) is 5.14. The quantitative estimate of drug-likeness (QED) is 0.777. The molecular formula is C15H22F3NO. The average Bonchev–Trinajstić information content (AvgIpc) is 2.32. The maximum Gasteiger partial charge on any atom is 0.573 e. The van der Waals surface area contributed by atoms with Crippen molar-refractivity contribution in [3.05, 3.63) is 29.8 Å². The maximum atomic E-state index is 12.2. The Balaban J connectivity index is 2.86. The lowest BCUT2D eigenvalue weighted by atomic mass is 10.00. The zero-order chi connectivity index (χ0) is 15.2. The van der Waals surface area contributed by atoms with Gasteiger partial charge in [0.1, 0.15) is 5.75 Å². The maximum absolute atomic E-state index is 12.2. The summed E-state index contributed by atoms with van der Waals surface area (Å²) in [6.07, 6.45) is -1.68. The number of unbranched alkanes of at least 4 members (excludes halogenated alkanes) is 1. The lowest BCUT2D eigenvalue weighted by Crippen LogP contribution is -2.28. The second-order valence-electron chi connectivity index (χ2n) is 5.14. The Kier molecular flexibility index (Phi) is 6.33.